The van der Waals surface area contributed by atoms with Gasteiger partial charge >= 0.3 is 6.18 Å². The standard InChI is InChI=1S/C19H29F3O/c1-2-3-4-5-15-6-8-16(9-7-15)17-10-12-18(13-11-17)23-14-19(20,21)22/h10-12,15-16,18H,2-9,13-14H2,1H3. The third kappa shape index (κ3) is 6.70. The molecule has 0 aromatic carbocycles. The summed E-state index contributed by atoms with van der Waals surface area (Å²) in [5.74, 6) is 1.48. The minimum Gasteiger partial charge on any atom is -0.364 e. The molecule has 0 radical (unpaired) electrons. The molecule has 0 amide bonds. The van der Waals surface area contributed by atoms with Gasteiger partial charge in [-0.15, -0.1) is 0 Å². The van der Waals surface area contributed by atoms with E-state index in [1.54, 1.807) is 6.08 Å². The Kier molecular flexibility index (Phi) is 7.19. The normalized spacial score (nSPS) is 28.7. The van der Waals surface area contributed by atoms with Crippen LogP contribution in [0.15, 0.2) is 23.8 Å². The van der Waals surface area contributed by atoms with Gasteiger partial charge in [-0.3, -0.25) is 0 Å². The highest BCUT2D eigenvalue weighted by Crippen LogP contribution is 2.37. The van der Waals surface area contributed by atoms with Crippen LogP contribution in [-0.4, -0.2) is 18.9 Å². The Balaban J connectivity index is 1.69. The first-order valence-electron chi connectivity index (χ1n) is 9.04. The topological polar surface area (TPSA) is 9.23 Å². The van der Waals surface area contributed by atoms with E-state index in [4.69, 9.17) is 4.74 Å². The minimum atomic E-state index is -4.24. The Hall–Kier alpha value is -0.770. The van der Waals surface area contributed by atoms with Crippen molar-refractivity contribution in [2.45, 2.75) is 77.0 Å². The highest BCUT2D eigenvalue weighted by atomic mass is 19.4. The average Bonchev–Trinajstić information content (AvgIpc) is 2.54. The van der Waals surface area contributed by atoms with Crippen molar-refractivity contribution < 1.29 is 17.9 Å². The Morgan fingerprint density at radius 1 is 1.13 bits per heavy atom. The van der Waals surface area contributed by atoms with E-state index in [9.17, 15) is 13.2 Å². The first-order valence-corrected chi connectivity index (χ1v) is 9.04. The zero-order valence-electron chi connectivity index (χ0n) is 14.1. The summed E-state index contributed by atoms with van der Waals surface area (Å²) in [5.41, 5.74) is 1.31. The van der Waals surface area contributed by atoms with Crippen LogP contribution in [0.25, 0.3) is 0 Å². The van der Waals surface area contributed by atoms with Gasteiger partial charge in [0.05, 0.1) is 6.10 Å². The lowest BCUT2D eigenvalue weighted by Crippen LogP contribution is -2.23. The number of ether oxygens (including phenoxy) is 1. The number of alkyl halides is 3. The molecule has 0 bridgehead atoms. The highest BCUT2D eigenvalue weighted by Gasteiger charge is 2.29. The van der Waals surface area contributed by atoms with Crippen LogP contribution in [0.3, 0.4) is 0 Å². The number of halogens is 3. The number of rotatable bonds is 7. The largest absolute Gasteiger partial charge is 0.411 e. The van der Waals surface area contributed by atoms with Gasteiger partial charge < -0.3 is 4.74 Å². The van der Waals surface area contributed by atoms with E-state index >= 15 is 0 Å². The zero-order valence-corrected chi connectivity index (χ0v) is 14.1. The zero-order chi connectivity index (χ0) is 16.7. The Morgan fingerprint density at radius 2 is 1.87 bits per heavy atom. The van der Waals surface area contributed by atoms with Crippen molar-refractivity contribution in [1.82, 2.24) is 0 Å². The molecular weight excluding hydrogens is 301 g/mol. The fourth-order valence-corrected chi connectivity index (χ4v) is 3.71. The van der Waals surface area contributed by atoms with E-state index in [2.05, 4.69) is 13.0 Å². The molecule has 4 heteroatoms. The fraction of sp³-hybridized carbons (Fsp3) is 0.789. The predicted octanol–water partition coefficient (Wildman–Crippen LogP) is 6.21. The van der Waals surface area contributed by atoms with Crippen LogP contribution in [0.2, 0.25) is 0 Å². The van der Waals surface area contributed by atoms with Gasteiger partial charge in [-0.1, -0.05) is 50.8 Å². The van der Waals surface area contributed by atoms with Crippen LogP contribution in [0, 0.1) is 11.8 Å². The predicted molar refractivity (Wildman–Crippen MR) is 87.2 cm³/mol. The fourth-order valence-electron chi connectivity index (χ4n) is 3.71. The lowest BCUT2D eigenvalue weighted by Gasteiger charge is -2.31. The number of allylic oxidation sites excluding steroid dienone is 2. The summed E-state index contributed by atoms with van der Waals surface area (Å²) in [5, 5.41) is 0. The summed E-state index contributed by atoms with van der Waals surface area (Å²) >= 11 is 0. The Morgan fingerprint density at radius 3 is 2.43 bits per heavy atom. The lowest BCUT2D eigenvalue weighted by molar-refractivity contribution is -0.180. The molecule has 2 aliphatic carbocycles. The van der Waals surface area contributed by atoms with Crippen molar-refractivity contribution >= 4 is 0 Å². The number of unbranched alkanes of at least 4 members (excludes halogenated alkanes) is 2. The molecule has 2 rings (SSSR count). The van der Waals surface area contributed by atoms with E-state index in [1.807, 2.05) is 6.08 Å². The Labute approximate surface area is 138 Å². The lowest BCUT2D eigenvalue weighted by atomic mass is 9.76. The van der Waals surface area contributed by atoms with E-state index < -0.39 is 18.9 Å². The smallest absolute Gasteiger partial charge is 0.364 e. The van der Waals surface area contributed by atoms with Crippen molar-refractivity contribution in [3.63, 3.8) is 0 Å². The maximum atomic E-state index is 12.2. The van der Waals surface area contributed by atoms with Gasteiger partial charge in [-0.2, -0.15) is 13.2 Å². The second-order valence-electron chi connectivity index (χ2n) is 6.98. The molecule has 1 atom stereocenters. The van der Waals surface area contributed by atoms with E-state index in [-0.39, 0.29) is 0 Å². The van der Waals surface area contributed by atoms with Gasteiger partial charge in [0.25, 0.3) is 0 Å². The molecule has 23 heavy (non-hydrogen) atoms. The second-order valence-corrected chi connectivity index (χ2v) is 6.98. The Bertz CT molecular complexity index is 403. The summed E-state index contributed by atoms with van der Waals surface area (Å²) in [7, 11) is 0. The van der Waals surface area contributed by atoms with Crippen LogP contribution in [0.1, 0.15) is 64.7 Å². The maximum absolute atomic E-state index is 12.2. The molecule has 0 N–H and O–H groups in total. The van der Waals surface area contributed by atoms with Gasteiger partial charge in [0.15, 0.2) is 0 Å². The SMILES string of the molecule is CCCCCC1CCC(C2=CCC(OCC(F)(F)F)C=C2)CC1. The van der Waals surface area contributed by atoms with Gasteiger partial charge in [-0.05, 0) is 49.5 Å². The van der Waals surface area contributed by atoms with Crippen molar-refractivity contribution in [2.75, 3.05) is 6.61 Å². The molecule has 1 fully saturated rings. The van der Waals surface area contributed by atoms with Gasteiger partial charge in [0.2, 0.25) is 0 Å². The van der Waals surface area contributed by atoms with Crippen molar-refractivity contribution in [3.05, 3.63) is 23.8 Å². The third-order valence-corrected chi connectivity index (χ3v) is 5.08. The van der Waals surface area contributed by atoms with Crippen LogP contribution in [0.4, 0.5) is 13.2 Å². The highest BCUT2D eigenvalue weighted by molar-refractivity contribution is 5.27. The molecule has 2 aliphatic rings. The molecule has 0 aromatic rings. The van der Waals surface area contributed by atoms with Crippen molar-refractivity contribution in [2.24, 2.45) is 11.8 Å². The molecule has 0 spiro atoms. The molecule has 0 heterocycles. The van der Waals surface area contributed by atoms with Crippen LogP contribution in [-0.2, 0) is 4.74 Å². The molecular formula is C19H29F3O. The first-order chi connectivity index (χ1) is 11.0. The first kappa shape index (κ1) is 18.6. The van der Waals surface area contributed by atoms with Gasteiger partial charge in [-0.25, -0.2) is 0 Å². The molecule has 0 saturated heterocycles. The van der Waals surface area contributed by atoms with Crippen LogP contribution in [0.5, 0.6) is 0 Å². The summed E-state index contributed by atoms with van der Waals surface area (Å²) in [6, 6.07) is 0. The molecule has 1 saturated carbocycles. The summed E-state index contributed by atoms with van der Waals surface area (Å²) < 4.78 is 41.4. The van der Waals surface area contributed by atoms with Gasteiger partial charge in [0, 0.05) is 0 Å². The summed E-state index contributed by atoms with van der Waals surface area (Å²) in [6.07, 6.45) is 12.2. The number of hydrogen-bond donors (Lipinski definition) is 0. The average molecular weight is 330 g/mol. The van der Waals surface area contributed by atoms with Crippen LogP contribution < -0.4 is 0 Å². The minimum absolute atomic E-state index is 0.425. The number of hydrogen-bond acceptors (Lipinski definition) is 1. The monoisotopic (exact) mass is 330 g/mol. The van der Waals surface area contributed by atoms with Crippen molar-refractivity contribution in [3.8, 4) is 0 Å². The summed E-state index contributed by atoms with van der Waals surface area (Å²) in [6.45, 7) is 1.08. The second kappa shape index (κ2) is 8.91. The maximum Gasteiger partial charge on any atom is 0.411 e. The van der Waals surface area contributed by atoms with E-state index in [1.165, 1.54) is 56.9 Å². The van der Waals surface area contributed by atoms with Gasteiger partial charge in [0.1, 0.15) is 6.61 Å². The van der Waals surface area contributed by atoms with Crippen LogP contribution >= 0.6 is 0 Å². The third-order valence-electron chi connectivity index (χ3n) is 5.08. The molecule has 132 valence electrons. The van der Waals surface area contributed by atoms with E-state index in [0.29, 0.717) is 12.3 Å². The quantitative estimate of drug-likeness (QED) is 0.504. The molecule has 0 aliphatic heterocycles. The molecule has 1 unspecified atom stereocenters. The molecule has 0 aromatic heterocycles. The molecule has 1 nitrogen and oxygen atoms in total. The summed E-state index contributed by atoms with van der Waals surface area (Å²) in [4.78, 5) is 0. The van der Waals surface area contributed by atoms with E-state index in [0.717, 1.165) is 5.92 Å². The van der Waals surface area contributed by atoms with Crippen molar-refractivity contribution in [1.29, 1.82) is 0 Å².